The second kappa shape index (κ2) is 13.2. The zero-order chi connectivity index (χ0) is 30.5. The molecule has 1 saturated heterocycles. The third-order valence-corrected chi connectivity index (χ3v) is 8.16. The number of aromatic nitrogens is 1. The number of carbonyl (C=O) groups is 2. The van der Waals surface area contributed by atoms with Crippen LogP contribution in [0.1, 0.15) is 29.5 Å². The summed E-state index contributed by atoms with van der Waals surface area (Å²) in [4.78, 5) is 37.2. The fourth-order valence-electron chi connectivity index (χ4n) is 5.74. The molecule has 0 radical (unpaired) electrons. The van der Waals surface area contributed by atoms with Crippen molar-refractivity contribution in [1.82, 2.24) is 20.1 Å². The van der Waals surface area contributed by atoms with E-state index < -0.39 is 6.04 Å². The molecule has 5 rings (SSSR count). The Labute approximate surface area is 253 Å². The van der Waals surface area contributed by atoms with Crippen LogP contribution in [-0.4, -0.2) is 80.1 Å². The first-order valence-electron chi connectivity index (χ1n) is 14.8. The number of carbonyl (C=O) groups excluding carboxylic acids is 2. The summed E-state index contributed by atoms with van der Waals surface area (Å²) < 4.78 is 5.57. The van der Waals surface area contributed by atoms with E-state index in [2.05, 4.69) is 56.6 Å². The Morgan fingerprint density at radius 1 is 1.00 bits per heavy atom. The Balaban J connectivity index is 1.37. The molecular weight excluding hydrogens is 540 g/mol. The Morgan fingerprint density at radius 2 is 1.72 bits per heavy atom. The SMILES string of the molecule is COc1ccc(CN(C)C)cc1NC(=O)[C@H](NC(=O)N1CCN(c2ccc(C)cc2)CC1)[C@H](C)c1c[nH]c2ccccc12. The number of methoxy groups -OCH3 is 1. The molecule has 1 fully saturated rings. The van der Waals surface area contributed by atoms with Crippen molar-refractivity contribution in [3.63, 3.8) is 0 Å². The highest BCUT2D eigenvalue weighted by molar-refractivity contribution is 5.99. The van der Waals surface area contributed by atoms with E-state index in [1.54, 1.807) is 12.0 Å². The average Bonchev–Trinajstić information content (AvgIpc) is 3.44. The van der Waals surface area contributed by atoms with Crippen LogP contribution in [0.4, 0.5) is 16.2 Å². The number of amides is 3. The minimum Gasteiger partial charge on any atom is -0.495 e. The van der Waals surface area contributed by atoms with Crippen LogP contribution in [0.3, 0.4) is 0 Å². The van der Waals surface area contributed by atoms with Gasteiger partial charge in [-0.15, -0.1) is 0 Å². The lowest BCUT2D eigenvalue weighted by Gasteiger charge is -2.37. The lowest BCUT2D eigenvalue weighted by atomic mass is 9.92. The monoisotopic (exact) mass is 582 g/mol. The molecule has 3 N–H and O–H groups in total. The molecule has 43 heavy (non-hydrogen) atoms. The van der Waals surface area contributed by atoms with Crippen molar-refractivity contribution in [3.05, 3.63) is 89.6 Å². The molecular formula is C34H42N6O3. The predicted molar refractivity (Wildman–Crippen MR) is 173 cm³/mol. The Morgan fingerprint density at radius 3 is 2.42 bits per heavy atom. The quantitative estimate of drug-likeness (QED) is 0.253. The molecule has 4 aromatic rings. The van der Waals surface area contributed by atoms with Crippen molar-refractivity contribution in [2.24, 2.45) is 0 Å². The highest BCUT2D eigenvalue weighted by Gasteiger charge is 2.32. The number of hydrogen-bond donors (Lipinski definition) is 3. The second-order valence-corrected chi connectivity index (χ2v) is 11.6. The van der Waals surface area contributed by atoms with Gasteiger partial charge in [0.25, 0.3) is 0 Å². The maximum absolute atomic E-state index is 14.0. The van der Waals surface area contributed by atoms with Gasteiger partial charge in [-0.25, -0.2) is 4.79 Å². The van der Waals surface area contributed by atoms with Crippen LogP contribution in [0.5, 0.6) is 5.75 Å². The van der Waals surface area contributed by atoms with Crippen molar-refractivity contribution in [2.45, 2.75) is 32.4 Å². The van der Waals surface area contributed by atoms with Gasteiger partial charge in [-0.1, -0.05) is 48.9 Å². The summed E-state index contributed by atoms with van der Waals surface area (Å²) in [5.41, 5.74) is 5.94. The summed E-state index contributed by atoms with van der Waals surface area (Å²) in [7, 11) is 5.58. The largest absolute Gasteiger partial charge is 0.495 e. The molecule has 1 aliphatic rings. The normalized spacial score (nSPS) is 14.9. The van der Waals surface area contributed by atoms with Gasteiger partial charge in [-0.05, 0) is 62.5 Å². The van der Waals surface area contributed by atoms with Gasteiger partial charge in [-0.2, -0.15) is 0 Å². The molecule has 0 aliphatic carbocycles. The third kappa shape index (κ3) is 6.94. The average molecular weight is 583 g/mol. The molecule has 0 unspecified atom stereocenters. The Kier molecular flexibility index (Phi) is 9.21. The van der Waals surface area contributed by atoms with Crippen LogP contribution < -0.4 is 20.3 Å². The van der Waals surface area contributed by atoms with E-state index in [-0.39, 0.29) is 17.9 Å². The molecule has 1 aliphatic heterocycles. The number of para-hydroxylation sites is 1. The summed E-state index contributed by atoms with van der Waals surface area (Å²) in [5.74, 6) is -0.0532. The summed E-state index contributed by atoms with van der Waals surface area (Å²) in [6.45, 7) is 7.35. The zero-order valence-corrected chi connectivity index (χ0v) is 25.7. The number of urea groups is 1. The highest BCUT2D eigenvalue weighted by Crippen LogP contribution is 2.31. The van der Waals surface area contributed by atoms with Gasteiger partial charge in [0.05, 0.1) is 12.8 Å². The molecule has 2 atom stereocenters. The molecule has 0 spiro atoms. The van der Waals surface area contributed by atoms with Crippen LogP contribution in [-0.2, 0) is 11.3 Å². The molecule has 3 aromatic carbocycles. The van der Waals surface area contributed by atoms with Gasteiger partial charge in [0.1, 0.15) is 11.8 Å². The van der Waals surface area contributed by atoms with Gasteiger partial charge >= 0.3 is 6.03 Å². The number of anilines is 2. The molecule has 3 amide bonds. The lowest BCUT2D eigenvalue weighted by molar-refractivity contribution is -0.118. The van der Waals surface area contributed by atoms with Crippen molar-refractivity contribution < 1.29 is 14.3 Å². The molecule has 226 valence electrons. The third-order valence-electron chi connectivity index (χ3n) is 8.16. The van der Waals surface area contributed by atoms with Crippen molar-refractivity contribution in [2.75, 3.05) is 57.6 Å². The van der Waals surface area contributed by atoms with E-state index in [1.165, 1.54) is 5.56 Å². The highest BCUT2D eigenvalue weighted by atomic mass is 16.5. The van der Waals surface area contributed by atoms with E-state index in [4.69, 9.17) is 4.74 Å². The summed E-state index contributed by atoms with van der Waals surface area (Å²) in [6.07, 6.45) is 1.93. The Hall–Kier alpha value is -4.50. The van der Waals surface area contributed by atoms with Gasteiger partial charge < -0.3 is 35.1 Å². The minimum atomic E-state index is -0.830. The van der Waals surface area contributed by atoms with Crippen molar-refractivity contribution in [1.29, 1.82) is 0 Å². The lowest BCUT2D eigenvalue weighted by Crippen LogP contribution is -2.56. The van der Waals surface area contributed by atoms with E-state index in [0.29, 0.717) is 31.1 Å². The number of fused-ring (bicyclic) bond motifs is 1. The molecule has 2 heterocycles. The van der Waals surface area contributed by atoms with Gasteiger partial charge in [-0.3, -0.25) is 4.79 Å². The van der Waals surface area contributed by atoms with E-state index in [9.17, 15) is 9.59 Å². The number of hydrogen-bond acceptors (Lipinski definition) is 5. The smallest absolute Gasteiger partial charge is 0.318 e. The number of ether oxygens (including phenoxy) is 1. The number of benzene rings is 3. The molecule has 9 heteroatoms. The zero-order valence-electron chi connectivity index (χ0n) is 25.7. The first-order valence-corrected chi connectivity index (χ1v) is 14.8. The maximum Gasteiger partial charge on any atom is 0.318 e. The van der Waals surface area contributed by atoms with Crippen LogP contribution in [0.2, 0.25) is 0 Å². The number of piperazine rings is 1. The second-order valence-electron chi connectivity index (χ2n) is 11.6. The van der Waals surface area contributed by atoms with E-state index in [0.717, 1.165) is 40.8 Å². The van der Waals surface area contributed by atoms with E-state index >= 15 is 0 Å². The van der Waals surface area contributed by atoms with Gasteiger partial charge in [0.2, 0.25) is 5.91 Å². The predicted octanol–water partition coefficient (Wildman–Crippen LogP) is 5.19. The topological polar surface area (TPSA) is 92.9 Å². The summed E-state index contributed by atoms with van der Waals surface area (Å²) >= 11 is 0. The van der Waals surface area contributed by atoms with Gasteiger partial charge in [0.15, 0.2) is 0 Å². The number of nitrogens with one attached hydrogen (secondary N) is 3. The summed E-state index contributed by atoms with van der Waals surface area (Å²) in [6, 6.07) is 21.1. The fraction of sp³-hybridized carbons (Fsp3) is 0.353. The number of rotatable bonds is 9. The van der Waals surface area contributed by atoms with Crippen LogP contribution in [0.25, 0.3) is 10.9 Å². The van der Waals surface area contributed by atoms with Gasteiger partial charge in [0, 0.05) is 61.4 Å². The van der Waals surface area contributed by atoms with Crippen LogP contribution in [0.15, 0.2) is 72.9 Å². The molecule has 9 nitrogen and oxygen atoms in total. The Bertz CT molecular complexity index is 1560. The van der Waals surface area contributed by atoms with Crippen molar-refractivity contribution in [3.8, 4) is 5.75 Å². The molecule has 0 bridgehead atoms. The molecule has 0 saturated carbocycles. The van der Waals surface area contributed by atoms with Crippen LogP contribution in [0, 0.1) is 6.92 Å². The standard InChI is InChI=1S/C34H42N6O3/c1-23-10-13-26(14-11-23)39-16-18-40(19-17-39)34(42)37-32(24(2)28-21-35-29-9-7-6-8-27(28)29)33(41)36-30-20-25(22-38(3)4)12-15-31(30)43-5/h6-15,20-21,24,32,35H,16-19,22H2,1-5H3,(H,36,41)(H,37,42)/t24-,32-/m1/s1. The van der Waals surface area contributed by atoms with E-state index in [1.807, 2.05) is 69.7 Å². The number of nitrogens with zero attached hydrogens (tertiary/aromatic N) is 3. The first kappa shape index (κ1) is 30.0. The number of aryl methyl sites for hydroxylation is 1. The first-order chi connectivity index (χ1) is 20.7. The molecule has 1 aromatic heterocycles. The number of H-pyrrole nitrogens is 1. The van der Waals surface area contributed by atoms with Crippen molar-refractivity contribution >= 4 is 34.2 Å². The minimum absolute atomic E-state index is 0.247. The fourth-order valence-corrected chi connectivity index (χ4v) is 5.74. The maximum atomic E-state index is 14.0. The number of aromatic amines is 1. The van der Waals surface area contributed by atoms with Crippen LogP contribution >= 0.6 is 0 Å². The summed E-state index contributed by atoms with van der Waals surface area (Å²) in [5, 5.41) is 7.20.